The molecule has 1 aliphatic heterocycles. The van der Waals surface area contributed by atoms with Crippen molar-refractivity contribution < 1.29 is 35.8 Å². The number of halogens is 3. The summed E-state index contributed by atoms with van der Waals surface area (Å²) < 4.78 is 63.0. The topological polar surface area (TPSA) is 86.7 Å². The number of para-hydroxylation sites is 1. The second-order valence-corrected chi connectivity index (χ2v) is 5.57. The largest absolute Gasteiger partial charge is 0.545 e. The van der Waals surface area contributed by atoms with Gasteiger partial charge in [-0.3, -0.25) is 0 Å². The average molecular weight is 322 g/mol. The lowest BCUT2D eigenvalue weighted by molar-refractivity contribution is -0.299. The third-order valence-corrected chi connectivity index (χ3v) is 3.53. The first-order valence-electron chi connectivity index (χ1n) is 5.42. The molecule has 1 aromatic rings. The number of carboxylic acids is 1. The molecule has 0 saturated carbocycles. The Kier molecular flexibility index (Phi) is 3.68. The van der Waals surface area contributed by atoms with Gasteiger partial charge in [0.1, 0.15) is 0 Å². The van der Waals surface area contributed by atoms with Crippen molar-refractivity contribution in [2.24, 2.45) is 0 Å². The Morgan fingerprint density at radius 3 is 2.48 bits per heavy atom. The highest BCUT2D eigenvalue weighted by molar-refractivity contribution is 7.87. The van der Waals surface area contributed by atoms with Crippen LogP contribution in [0.5, 0.6) is 0 Å². The van der Waals surface area contributed by atoms with Gasteiger partial charge in [0.15, 0.2) is 0 Å². The molecule has 114 valence electrons. The van der Waals surface area contributed by atoms with E-state index >= 15 is 0 Å². The molecule has 1 heterocycles. The highest BCUT2D eigenvalue weighted by Crippen LogP contribution is 2.33. The predicted molar refractivity (Wildman–Crippen MR) is 61.8 cm³/mol. The Hall–Kier alpha value is -2.07. The van der Waals surface area contributed by atoms with Gasteiger partial charge in [-0.15, -0.1) is 4.28 Å². The number of benzene rings is 1. The van der Waals surface area contributed by atoms with Gasteiger partial charge in [0.05, 0.1) is 11.7 Å². The number of carboxylic acid groups (broad SMARTS) is 1. The minimum absolute atomic E-state index is 0.00433. The zero-order valence-electron chi connectivity index (χ0n) is 10.1. The minimum atomic E-state index is -5.92. The molecule has 0 radical (unpaired) electrons. The Balaban J connectivity index is 2.45. The summed E-state index contributed by atoms with van der Waals surface area (Å²) in [6.07, 6.45) is 0.519. The lowest BCUT2D eigenvalue weighted by Gasteiger charge is -2.28. The van der Waals surface area contributed by atoms with Gasteiger partial charge in [0, 0.05) is 12.6 Å². The molecule has 0 spiro atoms. The van der Waals surface area contributed by atoms with Crippen LogP contribution in [-0.4, -0.2) is 19.9 Å². The highest BCUT2D eigenvalue weighted by Gasteiger charge is 2.49. The van der Waals surface area contributed by atoms with Crippen molar-refractivity contribution in [2.75, 3.05) is 5.06 Å². The van der Waals surface area contributed by atoms with Crippen LogP contribution in [0.15, 0.2) is 36.0 Å². The first-order chi connectivity index (χ1) is 9.62. The van der Waals surface area contributed by atoms with E-state index in [1.54, 1.807) is 0 Å². The van der Waals surface area contributed by atoms with E-state index in [1.807, 2.05) is 0 Å². The van der Waals surface area contributed by atoms with E-state index in [9.17, 15) is 31.5 Å². The molecule has 2 rings (SSSR count). The summed E-state index contributed by atoms with van der Waals surface area (Å²) in [6, 6.07) is 5.69. The molecule has 0 aliphatic carbocycles. The molecule has 0 unspecified atom stereocenters. The zero-order chi connectivity index (χ0) is 15.8. The van der Waals surface area contributed by atoms with Crippen molar-refractivity contribution in [1.29, 1.82) is 0 Å². The number of hydroxylamine groups is 1. The van der Waals surface area contributed by atoms with Gasteiger partial charge < -0.3 is 9.90 Å². The number of fused-ring (bicyclic) bond motifs is 1. The number of rotatable bonds is 3. The van der Waals surface area contributed by atoms with E-state index in [2.05, 4.69) is 4.28 Å². The number of alkyl halides is 3. The molecule has 0 saturated heterocycles. The molecule has 0 aromatic heterocycles. The number of anilines is 1. The first kappa shape index (κ1) is 15.3. The van der Waals surface area contributed by atoms with E-state index in [0.29, 0.717) is 6.20 Å². The standard InChI is InChI=1S/C11H8F3NO5S/c12-11(13,14)21(18,19)20-15-6-8(10(16)17)5-7-3-1-2-4-9(7)15/h1-4,6H,5H2,(H,16,17)/p-1. The van der Waals surface area contributed by atoms with Gasteiger partial charge in [-0.2, -0.15) is 21.6 Å². The molecule has 0 atom stereocenters. The van der Waals surface area contributed by atoms with Crippen LogP contribution < -0.4 is 10.2 Å². The monoisotopic (exact) mass is 322 g/mol. The predicted octanol–water partition coefficient (Wildman–Crippen LogP) is 0.464. The van der Waals surface area contributed by atoms with Crippen LogP contribution in [0, 0.1) is 0 Å². The smallest absolute Gasteiger partial charge is 0.525 e. The quantitative estimate of drug-likeness (QED) is 0.752. The van der Waals surface area contributed by atoms with Gasteiger partial charge in [-0.05, 0) is 17.2 Å². The first-order valence-corrected chi connectivity index (χ1v) is 6.83. The highest BCUT2D eigenvalue weighted by atomic mass is 32.2. The van der Waals surface area contributed by atoms with Crippen molar-refractivity contribution in [1.82, 2.24) is 0 Å². The van der Waals surface area contributed by atoms with Crippen LogP contribution in [0.1, 0.15) is 5.56 Å². The van der Waals surface area contributed by atoms with Crippen molar-refractivity contribution >= 4 is 21.8 Å². The summed E-state index contributed by atoms with van der Waals surface area (Å²) in [7, 11) is -5.92. The van der Waals surface area contributed by atoms with Crippen LogP contribution in [0.25, 0.3) is 0 Å². The van der Waals surface area contributed by atoms with Crippen LogP contribution in [0.3, 0.4) is 0 Å². The zero-order valence-corrected chi connectivity index (χ0v) is 10.9. The fourth-order valence-corrected chi connectivity index (χ4v) is 2.09. The molecular weight excluding hydrogens is 315 g/mol. The Morgan fingerprint density at radius 2 is 1.90 bits per heavy atom. The van der Waals surface area contributed by atoms with Gasteiger partial charge in [-0.1, -0.05) is 18.2 Å². The fourth-order valence-electron chi connectivity index (χ4n) is 1.67. The minimum Gasteiger partial charge on any atom is -0.545 e. The number of aliphatic carboxylic acids is 1. The molecule has 10 heteroatoms. The number of nitrogens with zero attached hydrogens (tertiary/aromatic N) is 1. The fraction of sp³-hybridized carbons (Fsp3) is 0.182. The Labute approximate surface area is 117 Å². The summed E-state index contributed by atoms with van der Waals surface area (Å²) in [5.74, 6) is -1.64. The van der Waals surface area contributed by atoms with Gasteiger partial charge in [0.25, 0.3) is 0 Å². The van der Waals surface area contributed by atoms with E-state index in [1.165, 1.54) is 24.3 Å². The molecule has 1 aromatic carbocycles. The second-order valence-electron chi connectivity index (χ2n) is 4.05. The van der Waals surface area contributed by atoms with Gasteiger partial charge in [-0.25, -0.2) is 5.06 Å². The molecule has 0 amide bonds. The van der Waals surface area contributed by atoms with Crippen LogP contribution in [0.2, 0.25) is 0 Å². The van der Waals surface area contributed by atoms with Crippen molar-refractivity contribution in [3.05, 3.63) is 41.6 Å². The summed E-state index contributed by atoms with van der Waals surface area (Å²) in [5.41, 5.74) is -5.76. The molecule has 0 bridgehead atoms. The summed E-state index contributed by atoms with van der Waals surface area (Å²) in [6.45, 7) is 0. The van der Waals surface area contributed by atoms with Crippen LogP contribution in [-0.2, 0) is 25.6 Å². The van der Waals surface area contributed by atoms with Crippen LogP contribution in [0.4, 0.5) is 18.9 Å². The van der Waals surface area contributed by atoms with Crippen molar-refractivity contribution in [3.63, 3.8) is 0 Å². The molecule has 21 heavy (non-hydrogen) atoms. The van der Waals surface area contributed by atoms with E-state index in [4.69, 9.17) is 0 Å². The maximum Gasteiger partial charge on any atom is 0.525 e. The van der Waals surface area contributed by atoms with Crippen molar-refractivity contribution in [2.45, 2.75) is 11.9 Å². The van der Waals surface area contributed by atoms with Crippen molar-refractivity contribution in [3.8, 4) is 0 Å². The SMILES string of the molecule is O=C([O-])C1=CN(OS(=O)(=O)C(F)(F)F)c2ccccc2C1. The molecule has 1 aliphatic rings. The third kappa shape index (κ3) is 3.00. The second kappa shape index (κ2) is 5.04. The number of carbonyl (C=O) groups excluding carboxylic acids is 1. The Morgan fingerprint density at radius 1 is 1.29 bits per heavy atom. The summed E-state index contributed by atoms with van der Waals surface area (Å²) in [5, 5.41) is 11.1. The molecule has 0 fully saturated rings. The van der Waals surface area contributed by atoms with Gasteiger partial charge in [0.2, 0.25) is 0 Å². The average Bonchev–Trinajstić information content (AvgIpc) is 2.36. The van der Waals surface area contributed by atoms with E-state index in [-0.39, 0.29) is 22.7 Å². The van der Waals surface area contributed by atoms with E-state index in [0.717, 1.165) is 0 Å². The lowest BCUT2D eigenvalue weighted by Crippen LogP contribution is -2.36. The van der Waals surface area contributed by atoms with E-state index < -0.39 is 27.2 Å². The van der Waals surface area contributed by atoms with Crippen LogP contribution >= 0.6 is 0 Å². The molecule has 0 N–H and O–H groups in total. The number of hydrogen-bond acceptors (Lipinski definition) is 6. The molecule has 6 nitrogen and oxygen atoms in total. The summed E-state index contributed by atoms with van der Waals surface area (Å²) >= 11 is 0. The van der Waals surface area contributed by atoms with Gasteiger partial charge >= 0.3 is 15.6 Å². The maximum atomic E-state index is 12.3. The summed E-state index contributed by atoms with van der Waals surface area (Å²) in [4.78, 5) is 10.8. The third-order valence-electron chi connectivity index (χ3n) is 2.61. The Bertz CT molecular complexity index is 711. The maximum absolute atomic E-state index is 12.3. The number of carbonyl (C=O) groups is 1. The number of hydrogen-bond donors (Lipinski definition) is 0. The normalized spacial score (nSPS) is 15.4. The molecular formula is C11H7F3NO5S-. The lowest BCUT2D eigenvalue weighted by atomic mass is 10.0.